The highest BCUT2D eigenvalue weighted by atomic mass is 16.1. The number of hydrogen-bond donors (Lipinski definition) is 2. The van der Waals surface area contributed by atoms with Crippen molar-refractivity contribution >= 4 is 5.91 Å². The Morgan fingerprint density at radius 3 is 2.89 bits per heavy atom. The molecular formula is C15H31N3O. The first-order valence-corrected chi connectivity index (χ1v) is 7.84. The molecule has 112 valence electrons. The van der Waals surface area contributed by atoms with Crippen LogP contribution in [0.4, 0.5) is 0 Å². The first-order valence-electron chi connectivity index (χ1n) is 7.84. The lowest BCUT2D eigenvalue weighted by molar-refractivity contribution is -0.122. The Bertz CT molecular complexity index is 256. The average molecular weight is 269 g/mol. The number of carbonyl (C=O) groups is 1. The van der Waals surface area contributed by atoms with Crippen LogP contribution in [0.1, 0.15) is 46.5 Å². The molecule has 1 fully saturated rings. The molecule has 2 N–H and O–H groups in total. The lowest BCUT2D eigenvalue weighted by Crippen LogP contribution is -2.41. The summed E-state index contributed by atoms with van der Waals surface area (Å²) < 4.78 is 0. The van der Waals surface area contributed by atoms with Crippen molar-refractivity contribution in [3.8, 4) is 0 Å². The molecule has 1 saturated heterocycles. The highest BCUT2D eigenvalue weighted by molar-refractivity contribution is 5.76. The fourth-order valence-electron chi connectivity index (χ4n) is 2.66. The molecule has 0 aromatic heterocycles. The van der Waals surface area contributed by atoms with E-state index in [0.717, 1.165) is 38.6 Å². The Hall–Kier alpha value is -0.610. The Balaban J connectivity index is 2.17. The lowest BCUT2D eigenvalue weighted by Gasteiger charge is -2.32. The van der Waals surface area contributed by atoms with Crippen molar-refractivity contribution in [2.24, 2.45) is 5.92 Å². The standard InChI is InChI=1S/C15H31N3O/c1-4-8-16-11-14-6-5-9-18(12-14)10-7-15(19)17-13(2)3/h13-14,16H,4-12H2,1-3H3,(H,17,19). The zero-order chi connectivity index (χ0) is 14.1. The fourth-order valence-corrected chi connectivity index (χ4v) is 2.66. The van der Waals surface area contributed by atoms with Crippen molar-refractivity contribution in [3.05, 3.63) is 0 Å². The van der Waals surface area contributed by atoms with Crippen LogP contribution in [0.3, 0.4) is 0 Å². The predicted molar refractivity (Wildman–Crippen MR) is 80.2 cm³/mol. The molecule has 1 aliphatic rings. The van der Waals surface area contributed by atoms with Gasteiger partial charge in [0.1, 0.15) is 0 Å². The van der Waals surface area contributed by atoms with E-state index in [9.17, 15) is 4.79 Å². The Labute approximate surface area is 118 Å². The summed E-state index contributed by atoms with van der Waals surface area (Å²) in [6.07, 6.45) is 4.43. The second-order valence-electron chi connectivity index (χ2n) is 5.99. The molecule has 4 nitrogen and oxygen atoms in total. The first kappa shape index (κ1) is 16.4. The monoisotopic (exact) mass is 269 g/mol. The lowest BCUT2D eigenvalue weighted by atomic mass is 9.98. The summed E-state index contributed by atoms with van der Waals surface area (Å²) in [5.41, 5.74) is 0. The van der Waals surface area contributed by atoms with Gasteiger partial charge in [0, 0.05) is 25.6 Å². The summed E-state index contributed by atoms with van der Waals surface area (Å²) in [6.45, 7) is 11.7. The number of hydrogen-bond acceptors (Lipinski definition) is 3. The van der Waals surface area contributed by atoms with E-state index in [0.29, 0.717) is 6.42 Å². The maximum absolute atomic E-state index is 11.6. The van der Waals surface area contributed by atoms with E-state index >= 15 is 0 Å². The number of nitrogens with one attached hydrogen (secondary N) is 2. The van der Waals surface area contributed by atoms with Crippen LogP contribution in [0.2, 0.25) is 0 Å². The van der Waals surface area contributed by atoms with Crippen LogP contribution in [0.25, 0.3) is 0 Å². The van der Waals surface area contributed by atoms with Gasteiger partial charge in [0.25, 0.3) is 0 Å². The van der Waals surface area contributed by atoms with Gasteiger partial charge in [0.15, 0.2) is 0 Å². The quantitative estimate of drug-likeness (QED) is 0.658. The van der Waals surface area contributed by atoms with E-state index in [-0.39, 0.29) is 11.9 Å². The molecule has 0 spiro atoms. The van der Waals surface area contributed by atoms with Gasteiger partial charge in [0.2, 0.25) is 5.91 Å². The van der Waals surface area contributed by atoms with Crippen LogP contribution in [-0.4, -0.2) is 49.6 Å². The molecule has 1 rings (SSSR count). The van der Waals surface area contributed by atoms with Crippen molar-refractivity contribution in [2.45, 2.75) is 52.5 Å². The van der Waals surface area contributed by atoms with E-state index in [4.69, 9.17) is 0 Å². The summed E-state index contributed by atoms with van der Waals surface area (Å²) >= 11 is 0. The normalized spacial score (nSPS) is 20.7. The summed E-state index contributed by atoms with van der Waals surface area (Å²) in [5.74, 6) is 0.940. The average Bonchev–Trinajstić information content (AvgIpc) is 2.36. The number of rotatable bonds is 8. The van der Waals surface area contributed by atoms with Crippen molar-refractivity contribution in [1.29, 1.82) is 0 Å². The minimum atomic E-state index is 0.182. The van der Waals surface area contributed by atoms with E-state index in [1.54, 1.807) is 0 Å². The van der Waals surface area contributed by atoms with Crippen LogP contribution < -0.4 is 10.6 Å². The third kappa shape index (κ3) is 7.53. The summed E-state index contributed by atoms with van der Waals surface area (Å²) in [6, 6.07) is 0.250. The second-order valence-corrected chi connectivity index (χ2v) is 5.99. The number of piperidine rings is 1. The predicted octanol–water partition coefficient (Wildman–Crippen LogP) is 1.61. The third-order valence-electron chi connectivity index (χ3n) is 3.57. The minimum Gasteiger partial charge on any atom is -0.354 e. The Morgan fingerprint density at radius 2 is 2.21 bits per heavy atom. The van der Waals surface area contributed by atoms with Gasteiger partial charge in [-0.2, -0.15) is 0 Å². The second kappa shape index (κ2) is 9.32. The number of likely N-dealkylation sites (tertiary alicyclic amines) is 1. The highest BCUT2D eigenvalue weighted by Gasteiger charge is 2.19. The number of carbonyl (C=O) groups excluding carboxylic acids is 1. The molecule has 0 saturated carbocycles. The molecule has 0 radical (unpaired) electrons. The van der Waals surface area contributed by atoms with Gasteiger partial charge in [-0.25, -0.2) is 0 Å². The molecule has 1 atom stereocenters. The number of nitrogens with zero attached hydrogens (tertiary/aromatic N) is 1. The molecule has 19 heavy (non-hydrogen) atoms. The van der Waals surface area contributed by atoms with E-state index in [1.165, 1.54) is 19.3 Å². The smallest absolute Gasteiger partial charge is 0.221 e. The topological polar surface area (TPSA) is 44.4 Å². The molecular weight excluding hydrogens is 238 g/mol. The molecule has 1 aliphatic heterocycles. The molecule has 0 aromatic carbocycles. The van der Waals surface area contributed by atoms with Crippen molar-refractivity contribution in [2.75, 3.05) is 32.7 Å². The third-order valence-corrected chi connectivity index (χ3v) is 3.57. The van der Waals surface area contributed by atoms with E-state index in [2.05, 4.69) is 22.5 Å². The number of amides is 1. The van der Waals surface area contributed by atoms with Gasteiger partial charge in [-0.3, -0.25) is 4.79 Å². The van der Waals surface area contributed by atoms with Gasteiger partial charge in [0.05, 0.1) is 0 Å². The van der Waals surface area contributed by atoms with Gasteiger partial charge >= 0.3 is 0 Å². The zero-order valence-corrected chi connectivity index (χ0v) is 12.9. The van der Waals surface area contributed by atoms with Crippen LogP contribution in [0.5, 0.6) is 0 Å². The highest BCUT2D eigenvalue weighted by Crippen LogP contribution is 2.15. The van der Waals surface area contributed by atoms with E-state index in [1.807, 2.05) is 13.8 Å². The summed E-state index contributed by atoms with van der Waals surface area (Å²) in [7, 11) is 0. The Morgan fingerprint density at radius 1 is 1.42 bits per heavy atom. The molecule has 0 aliphatic carbocycles. The SMILES string of the molecule is CCCNCC1CCCN(CCC(=O)NC(C)C)C1. The molecule has 4 heteroatoms. The molecule has 1 amide bonds. The molecule has 0 bridgehead atoms. The first-order chi connectivity index (χ1) is 9.11. The van der Waals surface area contributed by atoms with Crippen LogP contribution in [-0.2, 0) is 4.79 Å². The largest absolute Gasteiger partial charge is 0.354 e. The van der Waals surface area contributed by atoms with E-state index < -0.39 is 0 Å². The molecule has 0 aromatic rings. The van der Waals surface area contributed by atoms with Crippen LogP contribution in [0.15, 0.2) is 0 Å². The summed E-state index contributed by atoms with van der Waals surface area (Å²) in [4.78, 5) is 14.1. The van der Waals surface area contributed by atoms with Gasteiger partial charge in [-0.1, -0.05) is 6.92 Å². The Kier molecular flexibility index (Phi) is 8.07. The summed E-state index contributed by atoms with van der Waals surface area (Å²) in [5, 5.41) is 6.47. The maximum Gasteiger partial charge on any atom is 0.221 e. The van der Waals surface area contributed by atoms with Crippen molar-refractivity contribution in [3.63, 3.8) is 0 Å². The van der Waals surface area contributed by atoms with Gasteiger partial charge in [-0.05, 0) is 58.7 Å². The van der Waals surface area contributed by atoms with Gasteiger partial charge < -0.3 is 15.5 Å². The van der Waals surface area contributed by atoms with Crippen molar-refractivity contribution in [1.82, 2.24) is 15.5 Å². The van der Waals surface area contributed by atoms with Gasteiger partial charge in [-0.15, -0.1) is 0 Å². The van der Waals surface area contributed by atoms with Crippen LogP contribution in [0, 0.1) is 5.92 Å². The fraction of sp³-hybridized carbons (Fsp3) is 0.933. The zero-order valence-electron chi connectivity index (χ0n) is 12.9. The van der Waals surface area contributed by atoms with Crippen LogP contribution >= 0.6 is 0 Å². The molecule has 1 unspecified atom stereocenters. The minimum absolute atomic E-state index is 0.182. The maximum atomic E-state index is 11.6. The van der Waals surface area contributed by atoms with Crippen molar-refractivity contribution < 1.29 is 4.79 Å². The molecule has 1 heterocycles.